The van der Waals surface area contributed by atoms with Crippen LogP contribution >= 0.6 is 11.6 Å². The zero-order chi connectivity index (χ0) is 13.8. The second-order valence-electron chi connectivity index (χ2n) is 4.82. The number of rotatable bonds is 2. The fraction of sp³-hybridized carbons (Fsp3) is 0.400. The minimum Gasteiger partial charge on any atom is -0.497 e. The zero-order valence-electron chi connectivity index (χ0n) is 11.1. The number of halogens is 1. The predicted octanol–water partition coefficient (Wildman–Crippen LogP) is 3.88. The van der Waals surface area contributed by atoms with Crippen LogP contribution in [-0.4, -0.2) is 12.6 Å². The molecule has 1 atom stereocenters. The minimum absolute atomic E-state index is 0.180. The Morgan fingerprint density at radius 2 is 1.95 bits per heavy atom. The van der Waals surface area contributed by atoms with Crippen molar-refractivity contribution in [3.05, 3.63) is 46.7 Å². The lowest BCUT2D eigenvalue weighted by Crippen LogP contribution is -2.17. The van der Waals surface area contributed by atoms with Crippen molar-refractivity contribution in [2.75, 3.05) is 6.61 Å². The second-order valence-corrected chi connectivity index (χ2v) is 5.25. The summed E-state index contributed by atoms with van der Waals surface area (Å²) in [7, 11) is 0. The molecule has 2 rings (SSSR count). The van der Waals surface area contributed by atoms with Crippen LogP contribution in [0, 0.1) is 5.92 Å². The molecule has 1 heterocycles. The fourth-order valence-corrected chi connectivity index (χ4v) is 2.05. The third-order valence-electron chi connectivity index (χ3n) is 2.98. The van der Waals surface area contributed by atoms with Crippen LogP contribution in [0.3, 0.4) is 0 Å². The van der Waals surface area contributed by atoms with Gasteiger partial charge in [-0.3, -0.25) is 0 Å². The molecule has 1 aliphatic heterocycles. The highest BCUT2D eigenvalue weighted by Gasteiger charge is 2.20. The van der Waals surface area contributed by atoms with Crippen LogP contribution in [-0.2, 0) is 14.3 Å². The van der Waals surface area contributed by atoms with Gasteiger partial charge < -0.3 is 9.47 Å². The quantitative estimate of drug-likeness (QED) is 0.771. The van der Waals surface area contributed by atoms with Crippen LogP contribution in [0.4, 0.5) is 0 Å². The number of hydrogen-bond donors (Lipinski definition) is 0. The van der Waals surface area contributed by atoms with Gasteiger partial charge in [0.15, 0.2) is 0 Å². The van der Waals surface area contributed by atoms with E-state index in [0.29, 0.717) is 23.8 Å². The normalized spacial score (nSPS) is 22.8. The Balaban J connectivity index is 2.14. The number of hydrogen-bond acceptors (Lipinski definition) is 3. The lowest BCUT2D eigenvalue weighted by Gasteiger charge is -2.22. The van der Waals surface area contributed by atoms with Gasteiger partial charge in [-0.05, 0) is 17.7 Å². The van der Waals surface area contributed by atoms with Crippen LogP contribution in [0.5, 0.6) is 0 Å². The highest BCUT2D eigenvalue weighted by atomic mass is 35.5. The maximum Gasteiger partial charge on any atom is 0.334 e. The molecular formula is C15H17ClO3. The molecule has 0 N–H and O–H groups in total. The van der Waals surface area contributed by atoms with Crippen LogP contribution in [0.25, 0.3) is 0 Å². The molecule has 0 bridgehead atoms. The molecule has 0 radical (unpaired) electrons. The molecule has 1 unspecified atom stereocenters. The molecule has 0 spiro atoms. The van der Waals surface area contributed by atoms with Crippen molar-refractivity contribution < 1.29 is 14.3 Å². The van der Waals surface area contributed by atoms with E-state index in [0.717, 1.165) is 5.56 Å². The third-order valence-corrected chi connectivity index (χ3v) is 3.23. The summed E-state index contributed by atoms with van der Waals surface area (Å²) in [5.74, 6) is 0.502. The van der Waals surface area contributed by atoms with Gasteiger partial charge in [0.2, 0.25) is 0 Å². The van der Waals surface area contributed by atoms with Crippen LogP contribution < -0.4 is 0 Å². The van der Waals surface area contributed by atoms with E-state index in [4.69, 9.17) is 21.1 Å². The van der Waals surface area contributed by atoms with E-state index in [1.807, 2.05) is 26.0 Å². The van der Waals surface area contributed by atoms with E-state index in [1.54, 1.807) is 12.1 Å². The van der Waals surface area contributed by atoms with Gasteiger partial charge >= 0.3 is 5.97 Å². The van der Waals surface area contributed by atoms with Crippen molar-refractivity contribution in [3.8, 4) is 0 Å². The number of carbonyl (C=O) groups excluding carboxylic acids is 1. The summed E-state index contributed by atoms with van der Waals surface area (Å²) < 4.78 is 11.1. The number of esters is 1. The molecule has 1 aromatic rings. The molecule has 0 fully saturated rings. The van der Waals surface area contributed by atoms with Gasteiger partial charge in [0.1, 0.15) is 11.9 Å². The van der Waals surface area contributed by atoms with E-state index in [9.17, 15) is 4.79 Å². The Hall–Kier alpha value is -1.48. The van der Waals surface area contributed by atoms with E-state index < -0.39 is 0 Å². The molecule has 0 aliphatic carbocycles. The van der Waals surface area contributed by atoms with Gasteiger partial charge in [-0.2, -0.15) is 0 Å². The van der Waals surface area contributed by atoms with E-state index in [2.05, 4.69) is 0 Å². The number of cyclic esters (lactones) is 1. The lowest BCUT2D eigenvalue weighted by molar-refractivity contribution is -0.145. The molecule has 19 heavy (non-hydrogen) atoms. The van der Waals surface area contributed by atoms with Crippen LogP contribution in [0.2, 0.25) is 5.02 Å². The van der Waals surface area contributed by atoms with Gasteiger partial charge in [0.25, 0.3) is 0 Å². The summed E-state index contributed by atoms with van der Waals surface area (Å²) in [5, 5.41) is 0.666. The Bertz CT molecular complexity index is 477. The molecule has 0 amide bonds. The first-order chi connectivity index (χ1) is 9.06. The first kappa shape index (κ1) is 13.9. The molecule has 1 aliphatic rings. The Kier molecular flexibility index (Phi) is 4.48. The summed E-state index contributed by atoms with van der Waals surface area (Å²) in [6, 6.07) is 7.32. The van der Waals surface area contributed by atoms with Crippen molar-refractivity contribution in [2.45, 2.75) is 26.4 Å². The summed E-state index contributed by atoms with van der Waals surface area (Å²) in [5.41, 5.74) is 0.933. The maximum absolute atomic E-state index is 11.8. The number of carbonyl (C=O) groups is 1. The number of benzene rings is 1. The number of allylic oxidation sites excluding steroid dienone is 1. The average molecular weight is 281 g/mol. The SMILES string of the molecule is CC(C)/C1=C/C(=O)OC(c2ccc(Cl)cc2)CCO1. The minimum atomic E-state index is -0.358. The molecule has 3 nitrogen and oxygen atoms in total. The van der Waals surface area contributed by atoms with E-state index in [1.165, 1.54) is 6.08 Å². The van der Waals surface area contributed by atoms with Gasteiger partial charge in [-0.15, -0.1) is 0 Å². The Morgan fingerprint density at radius 1 is 1.26 bits per heavy atom. The summed E-state index contributed by atoms with van der Waals surface area (Å²) in [6.45, 7) is 4.50. The van der Waals surface area contributed by atoms with E-state index in [-0.39, 0.29) is 18.0 Å². The monoisotopic (exact) mass is 280 g/mol. The third kappa shape index (κ3) is 3.74. The summed E-state index contributed by atoms with van der Waals surface area (Å²) >= 11 is 5.85. The van der Waals surface area contributed by atoms with Crippen molar-refractivity contribution in [3.63, 3.8) is 0 Å². The van der Waals surface area contributed by atoms with Crippen molar-refractivity contribution in [1.29, 1.82) is 0 Å². The molecule has 4 heteroatoms. The Labute approximate surface area is 118 Å². The standard InChI is InChI=1S/C15H17ClO3/c1-10(2)14-9-15(17)19-13(7-8-18-14)11-3-5-12(16)6-4-11/h3-6,9-10,13H,7-8H2,1-2H3/b14-9-. The molecule has 1 aromatic carbocycles. The van der Waals surface area contributed by atoms with Gasteiger partial charge in [0, 0.05) is 17.4 Å². The highest BCUT2D eigenvalue weighted by molar-refractivity contribution is 6.30. The largest absolute Gasteiger partial charge is 0.497 e. The smallest absolute Gasteiger partial charge is 0.334 e. The molecular weight excluding hydrogens is 264 g/mol. The van der Waals surface area contributed by atoms with Crippen molar-refractivity contribution >= 4 is 17.6 Å². The van der Waals surface area contributed by atoms with Gasteiger partial charge in [-0.25, -0.2) is 4.79 Å². The average Bonchev–Trinajstić information content (AvgIpc) is 2.34. The van der Waals surface area contributed by atoms with Gasteiger partial charge in [-0.1, -0.05) is 37.6 Å². The highest BCUT2D eigenvalue weighted by Crippen LogP contribution is 2.26. The van der Waals surface area contributed by atoms with Crippen molar-refractivity contribution in [2.24, 2.45) is 5.92 Å². The van der Waals surface area contributed by atoms with Crippen LogP contribution in [0.1, 0.15) is 31.9 Å². The molecule has 0 saturated heterocycles. The second kappa shape index (κ2) is 6.11. The number of ether oxygens (including phenoxy) is 2. The summed E-state index contributed by atoms with van der Waals surface area (Å²) in [4.78, 5) is 11.8. The fourth-order valence-electron chi connectivity index (χ4n) is 1.92. The van der Waals surface area contributed by atoms with Gasteiger partial charge in [0.05, 0.1) is 12.7 Å². The molecule has 0 aromatic heterocycles. The lowest BCUT2D eigenvalue weighted by atomic mass is 10.1. The molecule has 0 saturated carbocycles. The topological polar surface area (TPSA) is 35.5 Å². The van der Waals surface area contributed by atoms with Crippen molar-refractivity contribution in [1.82, 2.24) is 0 Å². The molecule has 102 valence electrons. The first-order valence-corrected chi connectivity index (χ1v) is 6.74. The maximum atomic E-state index is 11.8. The zero-order valence-corrected chi connectivity index (χ0v) is 11.8. The Morgan fingerprint density at radius 3 is 2.58 bits per heavy atom. The predicted molar refractivity (Wildman–Crippen MR) is 73.8 cm³/mol. The summed E-state index contributed by atoms with van der Waals surface area (Å²) in [6.07, 6.45) is 1.79. The van der Waals surface area contributed by atoms with Crippen LogP contribution in [0.15, 0.2) is 36.1 Å². The van der Waals surface area contributed by atoms with E-state index >= 15 is 0 Å². The first-order valence-electron chi connectivity index (χ1n) is 6.36.